The minimum atomic E-state index is -0.215. The fourth-order valence-corrected chi connectivity index (χ4v) is 5.05. The molecule has 3 heterocycles. The van der Waals surface area contributed by atoms with E-state index in [2.05, 4.69) is 23.8 Å². The first-order chi connectivity index (χ1) is 15.1. The van der Waals surface area contributed by atoms with Gasteiger partial charge in [-0.25, -0.2) is 14.8 Å². The molecule has 0 spiro atoms. The van der Waals surface area contributed by atoms with Crippen molar-refractivity contribution in [3.8, 4) is 5.75 Å². The Bertz CT molecular complexity index is 1060. The number of hydrogen-bond acceptors (Lipinski definition) is 7. The number of piperidine rings is 1. The van der Waals surface area contributed by atoms with Crippen LogP contribution in [0.25, 0.3) is 21.1 Å². The van der Waals surface area contributed by atoms with Gasteiger partial charge >= 0.3 is 6.09 Å². The van der Waals surface area contributed by atoms with Crippen LogP contribution >= 0.6 is 11.3 Å². The van der Waals surface area contributed by atoms with Crippen molar-refractivity contribution in [3.05, 3.63) is 23.2 Å². The number of carbonyl (C=O) groups is 1. The summed E-state index contributed by atoms with van der Waals surface area (Å²) >= 11 is 1.70. The smallest absolute Gasteiger partial charge is 0.409 e. The van der Waals surface area contributed by atoms with Crippen LogP contribution in [0, 0.1) is 0 Å². The Hall–Kier alpha value is -2.61. The SMILES string of the molecule is CCCCOC(=O)N1CCC(Oc2ccc3c(c2)nc(N)c2nc(CCC)sc23)CC1. The summed E-state index contributed by atoms with van der Waals surface area (Å²) in [6, 6.07) is 5.99. The topological polar surface area (TPSA) is 90.6 Å². The van der Waals surface area contributed by atoms with Crippen molar-refractivity contribution in [2.75, 3.05) is 25.4 Å². The van der Waals surface area contributed by atoms with E-state index in [1.807, 2.05) is 18.2 Å². The van der Waals surface area contributed by atoms with Crippen molar-refractivity contribution in [3.63, 3.8) is 0 Å². The highest BCUT2D eigenvalue weighted by Gasteiger charge is 2.25. The van der Waals surface area contributed by atoms with Crippen LogP contribution in [0.5, 0.6) is 5.75 Å². The number of ether oxygens (including phenoxy) is 2. The maximum atomic E-state index is 12.1. The average Bonchev–Trinajstić information content (AvgIpc) is 3.19. The molecule has 3 aromatic rings. The molecule has 1 fully saturated rings. The van der Waals surface area contributed by atoms with Crippen molar-refractivity contribution in [1.82, 2.24) is 14.9 Å². The molecule has 0 atom stereocenters. The predicted octanol–water partition coefficient (Wildman–Crippen LogP) is 5.16. The van der Waals surface area contributed by atoms with E-state index in [-0.39, 0.29) is 12.2 Å². The second-order valence-electron chi connectivity index (χ2n) is 7.98. The molecule has 1 aliphatic heterocycles. The van der Waals surface area contributed by atoms with Gasteiger partial charge < -0.3 is 20.1 Å². The van der Waals surface area contributed by atoms with Gasteiger partial charge in [0.2, 0.25) is 0 Å². The van der Waals surface area contributed by atoms with Gasteiger partial charge in [-0.2, -0.15) is 0 Å². The van der Waals surface area contributed by atoms with Gasteiger partial charge in [-0.05, 0) is 31.4 Å². The molecule has 0 aliphatic carbocycles. The number of carbonyl (C=O) groups excluding carboxylic acids is 1. The molecule has 0 radical (unpaired) electrons. The number of nitrogen functional groups attached to an aromatic ring is 1. The normalized spacial score (nSPS) is 15.0. The maximum Gasteiger partial charge on any atom is 0.409 e. The summed E-state index contributed by atoms with van der Waals surface area (Å²) in [6.07, 6.45) is 5.34. The van der Waals surface area contributed by atoms with Crippen LogP contribution in [-0.4, -0.2) is 46.8 Å². The zero-order valence-corrected chi connectivity index (χ0v) is 19.0. The standard InChI is InChI=1S/C23H30N4O3S/c1-3-5-13-29-23(28)27-11-9-15(10-12-27)30-16-7-8-17-18(14-16)25-22(24)20-21(17)31-19(26-20)6-4-2/h7-8,14-15H,3-6,9-13H2,1-2H3,(H2,24,25). The fourth-order valence-electron chi connectivity index (χ4n) is 3.84. The van der Waals surface area contributed by atoms with Crippen molar-refractivity contribution in [2.45, 2.75) is 58.5 Å². The van der Waals surface area contributed by atoms with E-state index in [0.717, 1.165) is 70.4 Å². The van der Waals surface area contributed by atoms with Gasteiger partial charge in [0.05, 0.1) is 21.8 Å². The summed E-state index contributed by atoms with van der Waals surface area (Å²) in [5.74, 6) is 1.24. The Morgan fingerprint density at radius 1 is 1.23 bits per heavy atom. The molecule has 0 saturated carbocycles. The zero-order valence-electron chi connectivity index (χ0n) is 18.2. The third-order valence-corrected chi connectivity index (χ3v) is 6.71. The lowest BCUT2D eigenvalue weighted by atomic mass is 10.1. The van der Waals surface area contributed by atoms with Gasteiger partial charge in [-0.15, -0.1) is 11.3 Å². The summed E-state index contributed by atoms with van der Waals surface area (Å²) < 4.78 is 12.6. The highest BCUT2D eigenvalue weighted by atomic mass is 32.1. The van der Waals surface area contributed by atoms with Crippen LogP contribution in [0.4, 0.5) is 10.6 Å². The molecule has 31 heavy (non-hydrogen) atoms. The Kier molecular flexibility index (Phi) is 6.75. The van der Waals surface area contributed by atoms with Crippen molar-refractivity contribution >= 4 is 44.4 Å². The maximum absolute atomic E-state index is 12.1. The largest absolute Gasteiger partial charge is 0.490 e. The number of nitrogens with zero attached hydrogens (tertiary/aromatic N) is 3. The average molecular weight is 443 g/mol. The summed E-state index contributed by atoms with van der Waals surface area (Å²) in [5.41, 5.74) is 7.82. The van der Waals surface area contributed by atoms with Crippen molar-refractivity contribution < 1.29 is 14.3 Å². The van der Waals surface area contributed by atoms with Gasteiger partial charge in [0.1, 0.15) is 17.4 Å². The number of likely N-dealkylation sites (tertiary alicyclic amines) is 1. The van der Waals surface area contributed by atoms with E-state index >= 15 is 0 Å². The number of rotatable bonds is 7. The van der Waals surface area contributed by atoms with E-state index in [4.69, 9.17) is 15.2 Å². The number of hydrogen-bond donors (Lipinski definition) is 1. The number of amides is 1. The molecule has 0 unspecified atom stereocenters. The third kappa shape index (κ3) is 4.84. The first-order valence-corrected chi connectivity index (χ1v) is 12.0. The number of unbranched alkanes of at least 4 members (excludes halogenated alkanes) is 1. The molecule has 1 saturated heterocycles. The molecule has 1 aromatic carbocycles. The molecule has 7 nitrogen and oxygen atoms in total. The van der Waals surface area contributed by atoms with Gasteiger partial charge in [-0.3, -0.25) is 0 Å². The van der Waals surface area contributed by atoms with Crippen LogP contribution in [0.15, 0.2) is 18.2 Å². The van der Waals surface area contributed by atoms with Crippen molar-refractivity contribution in [2.24, 2.45) is 0 Å². The Labute approximate surface area is 186 Å². The number of nitrogens with two attached hydrogens (primary N) is 1. The summed E-state index contributed by atoms with van der Waals surface area (Å²) in [4.78, 5) is 23.1. The van der Waals surface area contributed by atoms with Gasteiger partial charge in [0.25, 0.3) is 0 Å². The number of benzene rings is 1. The predicted molar refractivity (Wildman–Crippen MR) is 125 cm³/mol. The molecule has 1 amide bonds. The lowest BCUT2D eigenvalue weighted by molar-refractivity contribution is 0.0670. The quantitative estimate of drug-likeness (QED) is 0.508. The summed E-state index contributed by atoms with van der Waals surface area (Å²) in [5, 5.41) is 2.15. The molecular formula is C23H30N4O3S. The fraction of sp³-hybridized carbons (Fsp3) is 0.522. The second-order valence-corrected chi connectivity index (χ2v) is 9.07. The zero-order chi connectivity index (χ0) is 21.8. The molecule has 4 rings (SSSR count). The number of aromatic nitrogens is 2. The molecule has 8 heteroatoms. The molecular weight excluding hydrogens is 412 g/mol. The number of pyridine rings is 1. The number of fused-ring (bicyclic) bond motifs is 3. The van der Waals surface area contributed by atoms with Gasteiger partial charge in [0, 0.05) is 37.4 Å². The second kappa shape index (κ2) is 9.68. The lowest BCUT2D eigenvalue weighted by Gasteiger charge is -2.31. The van der Waals surface area contributed by atoms with E-state index in [0.29, 0.717) is 25.5 Å². The molecule has 166 valence electrons. The van der Waals surface area contributed by atoms with E-state index < -0.39 is 0 Å². The lowest BCUT2D eigenvalue weighted by Crippen LogP contribution is -2.42. The van der Waals surface area contributed by atoms with E-state index in [1.54, 1.807) is 16.2 Å². The van der Waals surface area contributed by atoms with E-state index in [9.17, 15) is 4.79 Å². The van der Waals surface area contributed by atoms with Crippen LogP contribution < -0.4 is 10.5 Å². The summed E-state index contributed by atoms with van der Waals surface area (Å²) in [6.45, 7) is 6.02. The minimum Gasteiger partial charge on any atom is -0.490 e. The molecule has 2 N–H and O–H groups in total. The number of anilines is 1. The molecule has 1 aliphatic rings. The monoisotopic (exact) mass is 442 g/mol. The van der Waals surface area contributed by atoms with Gasteiger partial charge in [0.15, 0.2) is 5.82 Å². The molecule has 0 bridgehead atoms. The van der Waals surface area contributed by atoms with Crippen molar-refractivity contribution in [1.29, 1.82) is 0 Å². The number of thiazole rings is 1. The highest BCUT2D eigenvalue weighted by Crippen LogP contribution is 2.34. The molecule has 2 aromatic heterocycles. The van der Waals surface area contributed by atoms with Crippen LogP contribution in [0.3, 0.4) is 0 Å². The van der Waals surface area contributed by atoms with Crippen LogP contribution in [-0.2, 0) is 11.2 Å². The highest BCUT2D eigenvalue weighted by molar-refractivity contribution is 7.19. The Morgan fingerprint density at radius 3 is 2.77 bits per heavy atom. The Morgan fingerprint density at radius 2 is 2.03 bits per heavy atom. The summed E-state index contributed by atoms with van der Waals surface area (Å²) in [7, 11) is 0. The third-order valence-electron chi connectivity index (χ3n) is 5.56. The van der Waals surface area contributed by atoms with Gasteiger partial charge in [-0.1, -0.05) is 20.3 Å². The first kappa shape index (κ1) is 21.6. The number of aryl methyl sites for hydroxylation is 1. The first-order valence-electron chi connectivity index (χ1n) is 11.2. The Balaban J connectivity index is 1.43. The van der Waals surface area contributed by atoms with Crippen LogP contribution in [0.1, 0.15) is 51.0 Å². The minimum absolute atomic E-state index is 0.0674. The van der Waals surface area contributed by atoms with Crippen LogP contribution in [0.2, 0.25) is 0 Å². The van der Waals surface area contributed by atoms with E-state index in [1.165, 1.54) is 0 Å².